The zero-order chi connectivity index (χ0) is 10.7. The molecule has 2 N–H and O–H groups in total. The molecule has 0 amide bonds. The van der Waals surface area contributed by atoms with Gasteiger partial charge < -0.3 is 10.5 Å². The Morgan fingerprint density at radius 1 is 1.27 bits per heavy atom. The van der Waals surface area contributed by atoms with E-state index in [4.69, 9.17) is 10.5 Å². The molecule has 0 radical (unpaired) electrons. The van der Waals surface area contributed by atoms with Gasteiger partial charge in [-0.1, -0.05) is 18.2 Å². The summed E-state index contributed by atoms with van der Waals surface area (Å²) in [6.07, 6.45) is 5.38. The second kappa shape index (κ2) is 4.67. The molecule has 1 aromatic carbocycles. The van der Waals surface area contributed by atoms with E-state index >= 15 is 0 Å². The molecule has 0 unspecified atom stereocenters. The Labute approximate surface area is 91.4 Å². The van der Waals surface area contributed by atoms with Crippen LogP contribution >= 0.6 is 0 Å². The summed E-state index contributed by atoms with van der Waals surface area (Å²) in [4.78, 5) is 0. The zero-order valence-electron chi connectivity index (χ0n) is 9.28. The Morgan fingerprint density at radius 2 is 1.93 bits per heavy atom. The van der Waals surface area contributed by atoms with Crippen LogP contribution in [0.25, 0.3) is 0 Å². The Bertz CT molecular complexity index is 316. The lowest BCUT2D eigenvalue weighted by Gasteiger charge is -2.17. The van der Waals surface area contributed by atoms with Crippen LogP contribution in [0, 0.1) is 0 Å². The van der Waals surface area contributed by atoms with Crippen molar-refractivity contribution in [3.05, 3.63) is 29.8 Å². The highest BCUT2D eigenvalue weighted by molar-refractivity contribution is 5.35. The fourth-order valence-electron chi connectivity index (χ4n) is 2.15. The molecule has 1 aromatic rings. The number of ether oxygens (including phenoxy) is 1. The molecule has 82 valence electrons. The van der Waals surface area contributed by atoms with Gasteiger partial charge in [-0.3, -0.25) is 0 Å². The van der Waals surface area contributed by atoms with E-state index in [1.54, 1.807) is 0 Å². The standard InChI is InChI=1S/C13H19NO/c1-10(14)12-8-4-5-9-13(12)15-11-6-2-3-7-11/h4-5,8-11H,2-3,6-7,14H2,1H3/t10-/m1/s1. The minimum Gasteiger partial charge on any atom is -0.490 e. The first-order chi connectivity index (χ1) is 7.27. The van der Waals surface area contributed by atoms with Crippen molar-refractivity contribution in [3.63, 3.8) is 0 Å². The van der Waals surface area contributed by atoms with E-state index in [0.717, 1.165) is 11.3 Å². The highest BCUT2D eigenvalue weighted by Gasteiger charge is 2.18. The second-order valence-electron chi connectivity index (χ2n) is 4.35. The molecule has 0 heterocycles. The Morgan fingerprint density at radius 3 is 2.60 bits per heavy atom. The van der Waals surface area contributed by atoms with Crippen molar-refractivity contribution in [3.8, 4) is 5.75 Å². The highest BCUT2D eigenvalue weighted by atomic mass is 16.5. The monoisotopic (exact) mass is 205 g/mol. The van der Waals surface area contributed by atoms with Crippen molar-refractivity contribution >= 4 is 0 Å². The van der Waals surface area contributed by atoms with Crippen LogP contribution in [-0.2, 0) is 0 Å². The molecule has 0 saturated heterocycles. The lowest BCUT2D eigenvalue weighted by molar-refractivity contribution is 0.207. The summed E-state index contributed by atoms with van der Waals surface area (Å²) >= 11 is 0. The third kappa shape index (κ3) is 2.51. The van der Waals surface area contributed by atoms with Crippen molar-refractivity contribution in [2.75, 3.05) is 0 Å². The molecule has 1 atom stereocenters. The van der Waals surface area contributed by atoms with Gasteiger partial charge in [-0.2, -0.15) is 0 Å². The first-order valence-electron chi connectivity index (χ1n) is 5.78. The van der Waals surface area contributed by atoms with Gasteiger partial charge in [-0.15, -0.1) is 0 Å². The van der Waals surface area contributed by atoms with E-state index in [1.165, 1.54) is 25.7 Å². The van der Waals surface area contributed by atoms with Crippen LogP contribution in [0.15, 0.2) is 24.3 Å². The third-order valence-corrected chi connectivity index (χ3v) is 3.01. The molecule has 15 heavy (non-hydrogen) atoms. The van der Waals surface area contributed by atoms with Crippen molar-refractivity contribution in [1.82, 2.24) is 0 Å². The molecular weight excluding hydrogens is 186 g/mol. The van der Waals surface area contributed by atoms with Crippen LogP contribution < -0.4 is 10.5 Å². The molecule has 2 rings (SSSR count). The predicted molar refractivity (Wildman–Crippen MR) is 61.9 cm³/mol. The normalized spacial score (nSPS) is 19.1. The summed E-state index contributed by atoms with van der Waals surface area (Å²) in [7, 11) is 0. The maximum Gasteiger partial charge on any atom is 0.124 e. The molecule has 1 fully saturated rings. The van der Waals surface area contributed by atoms with Crippen LogP contribution in [0.5, 0.6) is 5.75 Å². The van der Waals surface area contributed by atoms with Gasteiger partial charge in [-0.05, 0) is 38.7 Å². The second-order valence-corrected chi connectivity index (χ2v) is 4.35. The van der Waals surface area contributed by atoms with Crippen LogP contribution in [0.3, 0.4) is 0 Å². The average molecular weight is 205 g/mol. The Balaban J connectivity index is 2.12. The van der Waals surface area contributed by atoms with Crippen molar-refractivity contribution < 1.29 is 4.74 Å². The fraction of sp³-hybridized carbons (Fsp3) is 0.538. The summed E-state index contributed by atoms with van der Waals surface area (Å²) < 4.78 is 5.99. The summed E-state index contributed by atoms with van der Waals surface area (Å²) in [6.45, 7) is 2.00. The number of hydrogen-bond donors (Lipinski definition) is 1. The topological polar surface area (TPSA) is 35.2 Å². The molecule has 0 bridgehead atoms. The first-order valence-corrected chi connectivity index (χ1v) is 5.78. The van der Waals surface area contributed by atoms with Crippen molar-refractivity contribution in [2.45, 2.75) is 44.8 Å². The van der Waals surface area contributed by atoms with Gasteiger partial charge in [0.15, 0.2) is 0 Å². The molecule has 0 aliphatic heterocycles. The van der Waals surface area contributed by atoms with Gasteiger partial charge >= 0.3 is 0 Å². The number of nitrogens with two attached hydrogens (primary N) is 1. The molecule has 0 spiro atoms. The van der Waals surface area contributed by atoms with Gasteiger partial charge in [0.1, 0.15) is 5.75 Å². The Kier molecular flexibility index (Phi) is 3.27. The van der Waals surface area contributed by atoms with Gasteiger partial charge in [0, 0.05) is 11.6 Å². The molecule has 0 aromatic heterocycles. The lowest BCUT2D eigenvalue weighted by Crippen LogP contribution is -2.14. The van der Waals surface area contributed by atoms with Gasteiger partial charge in [0.2, 0.25) is 0 Å². The van der Waals surface area contributed by atoms with Crippen LogP contribution in [-0.4, -0.2) is 6.10 Å². The summed E-state index contributed by atoms with van der Waals surface area (Å²) in [5, 5.41) is 0. The smallest absolute Gasteiger partial charge is 0.124 e. The number of benzene rings is 1. The largest absolute Gasteiger partial charge is 0.490 e. The average Bonchev–Trinajstić information content (AvgIpc) is 2.71. The molecule has 2 heteroatoms. The fourth-order valence-corrected chi connectivity index (χ4v) is 2.15. The maximum atomic E-state index is 5.99. The number of para-hydroxylation sites is 1. The molecule has 1 aliphatic carbocycles. The van der Waals surface area contributed by atoms with E-state index in [9.17, 15) is 0 Å². The van der Waals surface area contributed by atoms with Crippen LogP contribution in [0.4, 0.5) is 0 Å². The van der Waals surface area contributed by atoms with E-state index in [-0.39, 0.29) is 6.04 Å². The summed E-state index contributed by atoms with van der Waals surface area (Å²) in [5.41, 5.74) is 7.02. The quantitative estimate of drug-likeness (QED) is 0.823. The van der Waals surface area contributed by atoms with E-state index in [0.29, 0.717) is 6.10 Å². The number of hydrogen-bond acceptors (Lipinski definition) is 2. The van der Waals surface area contributed by atoms with Gasteiger partial charge in [0.25, 0.3) is 0 Å². The van der Waals surface area contributed by atoms with Gasteiger partial charge in [-0.25, -0.2) is 0 Å². The van der Waals surface area contributed by atoms with E-state index < -0.39 is 0 Å². The lowest BCUT2D eigenvalue weighted by atomic mass is 10.1. The van der Waals surface area contributed by atoms with Crippen LogP contribution in [0.1, 0.15) is 44.2 Å². The summed E-state index contributed by atoms with van der Waals surface area (Å²) in [5.74, 6) is 0.972. The van der Waals surface area contributed by atoms with E-state index in [1.807, 2.05) is 25.1 Å². The molecular formula is C13H19NO. The maximum absolute atomic E-state index is 5.99. The summed E-state index contributed by atoms with van der Waals surface area (Å²) in [6, 6.07) is 8.14. The molecule has 1 aliphatic rings. The van der Waals surface area contributed by atoms with Crippen LogP contribution in [0.2, 0.25) is 0 Å². The van der Waals surface area contributed by atoms with Gasteiger partial charge in [0.05, 0.1) is 6.10 Å². The minimum atomic E-state index is 0.0441. The van der Waals surface area contributed by atoms with Crippen molar-refractivity contribution in [1.29, 1.82) is 0 Å². The van der Waals surface area contributed by atoms with Crippen molar-refractivity contribution in [2.24, 2.45) is 5.73 Å². The molecule has 1 saturated carbocycles. The molecule has 2 nitrogen and oxygen atoms in total. The number of rotatable bonds is 3. The predicted octanol–water partition coefficient (Wildman–Crippen LogP) is 3.03. The SMILES string of the molecule is C[C@@H](N)c1ccccc1OC1CCCC1. The minimum absolute atomic E-state index is 0.0441. The van der Waals surface area contributed by atoms with E-state index in [2.05, 4.69) is 6.07 Å². The zero-order valence-corrected chi connectivity index (χ0v) is 9.28. The first kappa shape index (κ1) is 10.5. The third-order valence-electron chi connectivity index (χ3n) is 3.01. The highest BCUT2D eigenvalue weighted by Crippen LogP contribution is 2.28. The Hall–Kier alpha value is -1.02.